The molecule has 0 aromatic heterocycles. The van der Waals surface area contributed by atoms with Crippen LogP contribution in [0, 0.1) is 12.3 Å². The lowest BCUT2D eigenvalue weighted by molar-refractivity contribution is 0.694. The highest BCUT2D eigenvalue weighted by molar-refractivity contribution is 5.85. The molecular weight excluding hydrogens is 204 g/mol. The molecule has 0 unspecified atom stereocenters. The summed E-state index contributed by atoms with van der Waals surface area (Å²) < 4.78 is 0. The Kier molecular flexibility index (Phi) is 4.22. The van der Waals surface area contributed by atoms with Gasteiger partial charge in [0.1, 0.15) is 0 Å². The molecule has 17 heavy (non-hydrogen) atoms. The molecule has 2 aromatic rings. The van der Waals surface area contributed by atoms with E-state index in [1.165, 1.54) is 29.2 Å². The van der Waals surface area contributed by atoms with Crippen molar-refractivity contribution in [3.05, 3.63) is 54.5 Å². The quantitative estimate of drug-likeness (QED) is 0.514. The number of aryl methyl sites for hydroxylation is 1. The van der Waals surface area contributed by atoms with Crippen LogP contribution in [0.25, 0.3) is 10.8 Å². The third kappa shape index (κ3) is 3.11. The van der Waals surface area contributed by atoms with Gasteiger partial charge in [0.05, 0.1) is 0 Å². The summed E-state index contributed by atoms with van der Waals surface area (Å²) in [5.41, 5.74) is 1.45. The van der Waals surface area contributed by atoms with E-state index in [2.05, 4.69) is 48.4 Å². The van der Waals surface area contributed by atoms with Crippen LogP contribution in [0.1, 0.15) is 31.2 Å². The average molecular weight is 221 g/mol. The van der Waals surface area contributed by atoms with Gasteiger partial charge in [0.25, 0.3) is 0 Å². The van der Waals surface area contributed by atoms with Gasteiger partial charge in [-0.15, -0.1) is 0 Å². The van der Waals surface area contributed by atoms with E-state index in [4.69, 9.17) is 6.42 Å². The molecule has 0 atom stereocenters. The van der Waals surface area contributed by atoms with Gasteiger partial charge in [-0.25, -0.2) is 0 Å². The van der Waals surface area contributed by atoms with Gasteiger partial charge in [-0.2, -0.15) is 0 Å². The first-order chi connectivity index (χ1) is 8.42. The van der Waals surface area contributed by atoms with Crippen molar-refractivity contribution in [1.82, 2.24) is 0 Å². The minimum atomic E-state index is 0.801. The second-order valence-corrected chi connectivity index (χ2v) is 4.38. The number of rotatable bonds is 5. The number of hydrogen-bond acceptors (Lipinski definition) is 0. The summed E-state index contributed by atoms with van der Waals surface area (Å²) in [7, 11) is 0. The van der Waals surface area contributed by atoms with E-state index in [1.54, 1.807) is 0 Å². The first-order valence-electron chi connectivity index (χ1n) is 6.28. The van der Waals surface area contributed by atoms with Crippen LogP contribution in [0.5, 0.6) is 0 Å². The van der Waals surface area contributed by atoms with Crippen LogP contribution in [0.4, 0.5) is 0 Å². The van der Waals surface area contributed by atoms with E-state index < -0.39 is 0 Å². The molecule has 0 aliphatic rings. The fourth-order valence-corrected chi connectivity index (χ4v) is 2.22. The lowest BCUT2D eigenvalue weighted by atomic mass is 9.99. The van der Waals surface area contributed by atoms with Crippen molar-refractivity contribution in [3.63, 3.8) is 0 Å². The molecule has 0 bridgehead atoms. The molecule has 0 fully saturated rings. The highest BCUT2D eigenvalue weighted by Gasteiger charge is 1.99. The molecule has 2 rings (SSSR count). The van der Waals surface area contributed by atoms with E-state index in [1.807, 2.05) is 0 Å². The van der Waals surface area contributed by atoms with Crippen molar-refractivity contribution >= 4 is 10.8 Å². The van der Waals surface area contributed by atoms with Crippen LogP contribution in [0.2, 0.25) is 0 Å². The highest BCUT2D eigenvalue weighted by atomic mass is 14.0. The van der Waals surface area contributed by atoms with Crippen molar-refractivity contribution in [2.24, 2.45) is 0 Å². The van der Waals surface area contributed by atoms with Crippen LogP contribution in [0.3, 0.4) is 0 Å². The van der Waals surface area contributed by atoms with Crippen molar-refractivity contribution in [2.45, 2.75) is 32.1 Å². The Labute approximate surface area is 104 Å². The highest BCUT2D eigenvalue weighted by Crippen LogP contribution is 2.20. The Bertz CT molecular complexity index is 512. The number of fused-ring (bicyclic) bond motifs is 1. The molecule has 0 N–H and O–H groups in total. The summed E-state index contributed by atoms with van der Waals surface area (Å²) in [5, 5.41) is 2.71. The SMILES string of the molecule is [C]#CCCCCCc1cccc2ccccc12. The molecule has 85 valence electrons. The topological polar surface area (TPSA) is 0 Å². The normalized spacial score (nSPS) is 10.3. The lowest BCUT2D eigenvalue weighted by Gasteiger charge is -2.06. The van der Waals surface area contributed by atoms with E-state index in [-0.39, 0.29) is 0 Å². The first-order valence-corrected chi connectivity index (χ1v) is 6.28. The fraction of sp³-hybridized carbons (Fsp3) is 0.294. The first kappa shape index (κ1) is 11.7. The standard InChI is InChI=1S/C17H17/c1-2-3-4-5-6-10-15-12-9-13-16-11-7-8-14-17(15)16/h7-9,11-14H,3-6,10H2. The summed E-state index contributed by atoms with van der Waals surface area (Å²) in [5.74, 6) is 2.45. The Morgan fingerprint density at radius 3 is 2.59 bits per heavy atom. The van der Waals surface area contributed by atoms with Gasteiger partial charge in [0.2, 0.25) is 0 Å². The van der Waals surface area contributed by atoms with E-state index >= 15 is 0 Å². The van der Waals surface area contributed by atoms with Gasteiger partial charge in [-0.3, -0.25) is 0 Å². The maximum atomic E-state index is 6.86. The number of benzene rings is 2. The molecule has 0 amide bonds. The molecule has 0 aliphatic carbocycles. The molecule has 2 aromatic carbocycles. The molecule has 0 nitrogen and oxygen atoms in total. The van der Waals surface area contributed by atoms with Gasteiger partial charge >= 0.3 is 0 Å². The number of hydrogen-bond donors (Lipinski definition) is 0. The molecule has 0 saturated heterocycles. The van der Waals surface area contributed by atoms with Crippen LogP contribution >= 0.6 is 0 Å². The maximum Gasteiger partial charge on any atom is 0.00989 e. The zero-order valence-corrected chi connectivity index (χ0v) is 10.1. The minimum absolute atomic E-state index is 0.801. The minimum Gasteiger partial charge on any atom is -0.0891 e. The predicted octanol–water partition coefficient (Wildman–Crippen LogP) is 4.53. The zero-order valence-electron chi connectivity index (χ0n) is 10.1. The zero-order chi connectivity index (χ0) is 11.9. The van der Waals surface area contributed by atoms with E-state index in [9.17, 15) is 0 Å². The third-order valence-electron chi connectivity index (χ3n) is 3.13. The Balaban J connectivity index is 2.01. The molecule has 0 spiro atoms. The summed E-state index contributed by atoms with van der Waals surface area (Å²) in [6, 6.07) is 15.1. The second-order valence-electron chi connectivity index (χ2n) is 4.38. The van der Waals surface area contributed by atoms with Gasteiger partial charge in [0, 0.05) is 6.42 Å². The van der Waals surface area contributed by atoms with Gasteiger partial charge in [0.15, 0.2) is 0 Å². The average Bonchev–Trinajstić information content (AvgIpc) is 2.39. The van der Waals surface area contributed by atoms with Crippen LogP contribution in [-0.2, 0) is 6.42 Å². The molecule has 0 heterocycles. The van der Waals surface area contributed by atoms with Gasteiger partial charge in [-0.1, -0.05) is 54.8 Å². The van der Waals surface area contributed by atoms with Gasteiger partial charge in [-0.05, 0) is 42.0 Å². The largest absolute Gasteiger partial charge is 0.0891 e. The molecular formula is C17H17. The fourth-order valence-electron chi connectivity index (χ4n) is 2.22. The second kappa shape index (κ2) is 6.11. The number of unbranched alkanes of at least 4 members (excludes halogenated alkanes) is 3. The summed E-state index contributed by atoms with van der Waals surface area (Å²) in [6.45, 7) is 0. The molecule has 0 saturated carbocycles. The van der Waals surface area contributed by atoms with Crippen LogP contribution < -0.4 is 0 Å². The smallest absolute Gasteiger partial charge is 0.00989 e. The van der Waals surface area contributed by atoms with Crippen molar-refractivity contribution in [1.29, 1.82) is 0 Å². The summed E-state index contributed by atoms with van der Waals surface area (Å²) >= 11 is 0. The van der Waals surface area contributed by atoms with Crippen molar-refractivity contribution < 1.29 is 0 Å². The van der Waals surface area contributed by atoms with Crippen LogP contribution in [-0.4, -0.2) is 0 Å². The van der Waals surface area contributed by atoms with Crippen molar-refractivity contribution in [2.75, 3.05) is 0 Å². The lowest BCUT2D eigenvalue weighted by Crippen LogP contribution is -1.87. The summed E-state index contributed by atoms with van der Waals surface area (Å²) in [4.78, 5) is 0. The van der Waals surface area contributed by atoms with Crippen molar-refractivity contribution in [3.8, 4) is 5.92 Å². The monoisotopic (exact) mass is 221 g/mol. The van der Waals surface area contributed by atoms with Crippen LogP contribution in [0.15, 0.2) is 42.5 Å². The predicted molar refractivity (Wildman–Crippen MR) is 73.3 cm³/mol. The third-order valence-corrected chi connectivity index (χ3v) is 3.13. The molecule has 0 heteroatoms. The Morgan fingerprint density at radius 2 is 1.71 bits per heavy atom. The molecule has 1 radical (unpaired) electrons. The Morgan fingerprint density at radius 1 is 0.882 bits per heavy atom. The molecule has 0 aliphatic heterocycles. The Hall–Kier alpha value is -1.74. The van der Waals surface area contributed by atoms with Gasteiger partial charge < -0.3 is 0 Å². The maximum absolute atomic E-state index is 6.86. The summed E-state index contributed by atoms with van der Waals surface area (Å²) in [6.07, 6.45) is 12.3. The van der Waals surface area contributed by atoms with E-state index in [0.29, 0.717) is 0 Å². The van der Waals surface area contributed by atoms with E-state index in [0.717, 1.165) is 19.3 Å².